The fourth-order valence-corrected chi connectivity index (χ4v) is 2.32. The first-order valence-corrected chi connectivity index (χ1v) is 6.54. The van der Waals surface area contributed by atoms with E-state index >= 15 is 0 Å². The molecule has 2 heteroatoms. The van der Waals surface area contributed by atoms with Crippen LogP contribution in [-0.4, -0.2) is 5.78 Å². The highest BCUT2D eigenvalue weighted by Crippen LogP contribution is 2.18. The summed E-state index contributed by atoms with van der Waals surface area (Å²) in [6, 6.07) is 13.5. The summed E-state index contributed by atoms with van der Waals surface area (Å²) in [5.74, 6) is 0.0955. The van der Waals surface area contributed by atoms with Crippen molar-refractivity contribution in [3.05, 3.63) is 68.3 Å². The van der Waals surface area contributed by atoms with Crippen molar-refractivity contribution in [3.8, 4) is 0 Å². The number of benzene rings is 2. The lowest BCUT2D eigenvalue weighted by atomic mass is 9.99. The molecule has 0 amide bonds. The first-order chi connectivity index (χ1) is 8.09. The summed E-state index contributed by atoms with van der Waals surface area (Å²) in [5, 5.41) is 0. The Morgan fingerprint density at radius 2 is 1.71 bits per heavy atom. The monoisotopic (exact) mass is 336 g/mol. The largest absolute Gasteiger partial charge is 0.289 e. The first-order valence-electron chi connectivity index (χ1n) is 5.46. The number of halogens is 1. The third kappa shape index (κ3) is 2.57. The summed E-state index contributed by atoms with van der Waals surface area (Å²) in [6.45, 7) is 4.08. The molecule has 0 saturated carbocycles. The minimum Gasteiger partial charge on any atom is -0.289 e. The fourth-order valence-electron chi connectivity index (χ4n) is 1.68. The van der Waals surface area contributed by atoms with E-state index in [1.165, 1.54) is 5.56 Å². The number of hydrogen-bond donors (Lipinski definition) is 0. The Balaban J connectivity index is 2.44. The van der Waals surface area contributed by atoms with E-state index < -0.39 is 0 Å². The summed E-state index contributed by atoms with van der Waals surface area (Å²) in [4.78, 5) is 12.3. The quantitative estimate of drug-likeness (QED) is 0.595. The predicted molar refractivity (Wildman–Crippen MR) is 78.5 cm³/mol. The third-order valence-electron chi connectivity index (χ3n) is 2.89. The molecule has 0 atom stereocenters. The maximum absolute atomic E-state index is 12.3. The Kier molecular flexibility index (Phi) is 3.62. The molecule has 0 fully saturated rings. The molecule has 2 aromatic carbocycles. The van der Waals surface area contributed by atoms with Crippen LogP contribution >= 0.6 is 22.6 Å². The van der Waals surface area contributed by atoms with Crippen LogP contribution in [0.4, 0.5) is 0 Å². The number of rotatable bonds is 2. The van der Waals surface area contributed by atoms with Gasteiger partial charge in [0, 0.05) is 14.7 Å². The smallest absolute Gasteiger partial charge is 0.194 e. The van der Waals surface area contributed by atoms with Crippen molar-refractivity contribution < 1.29 is 4.79 Å². The Labute approximate surface area is 115 Å². The highest BCUT2D eigenvalue weighted by atomic mass is 127. The molecule has 0 N–H and O–H groups in total. The van der Waals surface area contributed by atoms with Gasteiger partial charge in [-0.15, -0.1) is 0 Å². The Hall–Kier alpha value is -1.16. The van der Waals surface area contributed by atoms with Crippen molar-refractivity contribution in [2.75, 3.05) is 0 Å². The van der Waals surface area contributed by atoms with E-state index in [0.717, 1.165) is 20.3 Å². The average molecular weight is 336 g/mol. The molecule has 0 aromatic heterocycles. The van der Waals surface area contributed by atoms with Gasteiger partial charge in [-0.2, -0.15) is 0 Å². The summed E-state index contributed by atoms with van der Waals surface area (Å²) in [5.41, 5.74) is 3.90. The van der Waals surface area contributed by atoms with Crippen molar-refractivity contribution >= 4 is 28.4 Å². The molecule has 0 heterocycles. The molecule has 0 radical (unpaired) electrons. The molecule has 0 saturated heterocycles. The predicted octanol–water partition coefficient (Wildman–Crippen LogP) is 4.14. The van der Waals surface area contributed by atoms with Crippen LogP contribution in [0.2, 0.25) is 0 Å². The molecule has 0 spiro atoms. The van der Waals surface area contributed by atoms with Gasteiger partial charge in [-0.1, -0.05) is 24.3 Å². The molecular formula is C15H13IO. The van der Waals surface area contributed by atoms with Gasteiger partial charge >= 0.3 is 0 Å². The van der Waals surface area contributed by atoms with Gasteiger partial charge in [0.25, 0.3) is 0 Å². The number of hydrogen-bond acceptors (Lipinski definition) is 1. The molecule has 2 rings (SSSR count). The third-order valence-corrected chi connectivity index (χ3v) is 3.83. The summed E-state index contributed by atoms with van der Waals surface area (Å²) < 4.78 is 0.994. The summed E-state index contributed by atoms with van der Waals surface area (Å²) in [7, 11) is 0. The van der Waals surface area contributed by atoms with E-state index in [4.69, 9.17) is 0 Å². The molecule has 2 aromatic rings. The van der Waals surface area contributed by atoms with Crippen molar-refractivity contribution in [2.24, 2.45) is 0 Å². The van der Waals surface area contributed by atoms with Crippen LogP contribution < -0.4 is 0 Å². The lowest BCUT2D eigenvalue weighted by molar-refractivity contribution is 0.103. The van der Waals surface area contributed by atoms with Crippen LogP contribution in [0.5, 0.6) is 0 Å². The van der Waals surface area contributed by atoms with Gasteiger partial charge in [-0.3, -0.25) is 4.79 Å². The van der Waals surface area contributed by atoms with Crippen LogP contribution in [0, 0.1) is 17.4 Å². The number of carbonyl (C=O) groups is 1. The van der Waals surface area contributed by atoms with E-state index in [1.807, 2.05) is 49.4 Å². The van der Waals surface area contributed by atoms with Gasteiger partial charge in [0.05, 0.1) is 0 Å². The van der Waals surface area contributed by atoms with Crippen molar-refractivity contribution in [2.45, 2.75) is 13.8 Å². The zero-order valence-electron chi connectivity index (χ0n) is 9.83. The number of carbonyl (C=O) groups excluding carboxylic acids is 1. The fraction of sp³-hybridized carbons (Fsp3) is 0.133. The second kappa shape index (κ2) is 5.00. The maximum Gasteiger partial charge on any atom is 0.194 e. The van der Waals surface area contributed by atoms with Gasteiger partial charge in [0.2, 0.25) is 0 Å². The highest BCUT2D eigenvalue weighted by Gasteiger charge is 2.12. The molecule has 0 aliphatic rings. The van der Waals surface area contributed by atoms with Crippen LogP contribution in [0.25, 0.3) is 0 Å². The molecule has 17 heavy (non-hydrogen) atoms. The molecule has 0 bridgehead atoms. The lowest BCUT2D eigenvalue weighted by Crippen LogP contribution is -2.04. The molecule has 0 aliphatic heterocycles. The lowest BCUT2D eigenvalue weighted by Gasteiger charge is -2.06. The zero-order chi connectivity index (χ0) is 12.4. The Morgan fingerprint density at radius 3 is 2.35 bits per heavy atom. The normalized spacial score (nSPS) is 10.3. The van der Waals surface area contributed by atoms with Crippen LogP contribution in [0.15, 0.2) is 42.5 Å². The van der Waals surface area contributed by atoms with E-state index in [1.54, 1.807) is 0 Å². The Bertz CT molecular complexity index is 573. The molecule has 0 aliphatic carbocycles. The van der Waals surface area contributed by atoms with Crippen molar-refractivity contribution in [3.63, 3.8) is 0 Å². The van der Waals surface area contributed by atoms with Gasteiger partial charge in [-0.25, -0.2) is 0 Å². The summed E-state index contributed by atoms with van der Waals surface area (Å²) in [6.07, 6.45) is 0. The molecular weight excluding hydrogens is 323 g/mol. The van der Waals surface area contributed by atoms with Gasteiger partial charge in [-0.05, 0) is 65.8 Å². The number of aryl methyl sites for hydroxylation is 2. The molecule has 86 valence electrons. The van der Waals surface area contributed by atoms with E-state index in [2.05, 4.69) is 29.5 Å². The average Bonchev–Trinajstić information content (AvgIpc) is 2.32. The maximum atomic E-state index is 12.3. The number of ketones is 1. The van der Waals surface area contributed by atoms with Crippen molar-refractivity contribution in [1.29, 1.82) is 0 Å². The molecule has 0 unspecified atom stereocenters. The minimum absolute atomic E-state index is 0.0955. The van der Waals surface area contributed by atoms with E-state index in [0.29, 0.717) is 0 Å². The van der Waals surface area contributed by atoms with Crippen LogP contribution in [0.3, 0.4) is 0 Å². The first kappa shape index (κ1) is 12.3. The standard InChI is InChI=1S/C15H13IO/c1-10-7-8-12(9-11(10)2)15(17)13-5-3-4-6-14(13)16/h3-9H,1-2H3. The minimum atomic E-state index is 0.0955. The molecule has 1 nitrogen and oxygen atoms in total. The Morgan fingerprint density at radius 1 is 1.00 bits per heavy atom. The van der Waals surface area contributed by atoms with Crippen LogP contribution in [0.1, 0.15) is 27.0 Å². The second-order valence-corrected chi connectivity index (χ2v) is 5.27. The SMILES string of the molecule is Cc1ccc(C(=O)c2ccccc2I)cc1C. The topological polar surface area (TPSA) is 17.1 Å². The second-order valence-electron chi connectivity index (χ2n) is 4.11. The van der Waals surface area contributed by atoms with E-state index in [-0.39, 0.29) is 5.78 Å². The van der Waals surface area contributed by atoms with E-state index in [9.17, 15) is 4.79 Å². The highest BCUT2D eigenvalue weighted by molar-refractivity contribution is 14.1. The van der Waals surface area contributed by atoms with Gasteiger partial charge in [0.15, 0.2) is 5.78 Å². The van der Waals surface area contributed by atoms with Crippen LogP contribution in [-0.2, 0) is 0 Å². The van der Waals surface area contributed by atoms with Gasteiger partial charge < -0.3 is 0 Å². The van der Waals surface area contributed by atoms with Crippen molar-refractivity contribution in [1.82, 2.24) is 0 Å². The zero-order valence-corrected chi connectivity index (χ0v) is 12.0. The summed E-state index contributed by atoms with van der Waals surface area (Å²) >= 11 is 2.20. The van der Waals surface area contributed by atoms with Gasteiger partial charge in [0.1, 0.15) is 0 Å².